The number of rotatable bonds is 6. The maximum atomic E-state index is 6.05. The summed E-state index contributed by atoms with van der Waals surface area (Å²) in [4.78, 5) is 2.48. The third kappa shape index (κ3) is 2.32. The van der Waals surface area contributed by atoms with Crippen molar-refractivity contribution in [3.05, 3.63) is 0 Å². The molecule has 2 saturated carbocycles. The van der Waals surface area contributed by atoms with Gasteiger partial charge in [-0.15, -0.1) is 0 Å². The molecule has 2 aliphatic carbocycles. The van der Waals surface area contributed by atoms with E-state index in [1.807, 2.05) is 0 Å². The van der Waals surface area contributed by atoms with Gasteiger partial charge in [-0.2, -0.15) is 0 Å². The fourth-order valence-corrected chi connectivity index (χ4v) is 4.94. The van der Waals surface area contributed by atoms with Gasteiger partial charge in [-0.1, -0.05) is 19.8 Å². The predicted molar refractivity (Wildman–Crippen MR) is 82.9 cm³/mol. The minimum Gasteiger partial charge on any atom is -0.377 e. The van der Waals surface area contributed by atoms with Gasteiger partial charge < -0.3 is 15.0 Å². The van der Waals surface area contributed by atoms with Crippen molar-refractivity contribution >= 4 is 0 Å². The van der Waals surface area contributed by atoms with Crippen LogP contribution in [0.2, 0.25) is 0 Å². The van der Waals surface area contributed by atoms with Crippen LogP contribution in [0.4, 0.5) is 0 Å². The normalized spacial score (nSPS) is 36.3. The molecule has 0 aromatic heterocycles. The molecular formula is C17H32N2O. The third-order valence-electron chi connectivity index (χ3n) is 6.46. The van der Waals surface area contributed by atoms with Crippen LogP contribution in [0.5, 0.6) is 0 Å². The number of fused-ring (bicyclic) bond motifs is 2. The van der Waals surface area contributed by atoms with Crippen LogP contribution >= 0.6 is 0 Å². The van der Waals surface area contributed by atoms with Gasteiger partial charge in [0.15, 0.2) is 0 Å². The zero-order valence-corrected chi connectivity index (χ0v) is 13.5. The Morgan fingerprint density at radius 3 is 2.80 bits per heavy atom. The summed E-state index contributed by atoms with van der Waals surface area (Å²) in [7, 11) is 2.25. The molecule has 0 bridgehead atoms. The highest BCUT2D eigenvalue weighted by molar-refractivity contribution is 5.16. The van der Waals surface area contributed by atoms with Crippen molar-refractivity contribution in [3.63, 3.8) is 0 Å². The molecule has 1 spiro atoms. The lowest BCUT2D eigenvalue weighted by atomic mass is 9.54. The van der Waals surface area contributed by atoms with E-state index in [1.165, 1.54) is 45.1 Å². The Morgan fingerprint density at radius 1 is 1.35 bits per heavy atom. The van der Waals surface area contributed by atoms with Crippen LogP contribution in [0.3, 0.4) is 0 Å². The fourth-order valence-electron chi connectivity index (χ4n) is 4.94. The average molecular weight is 280 g/mol. The molecule has 1 saturated heterocycles. The maximum absolute atomic E-state index is 6.05. The van der Waals surface area contributed by atoms with Crippen molar-refractivity contribution in [1.82, 2.24) is 10.2 Å². The molecule has 3 nitrogen and oxygen atoms in total. The predicted octanol–water partition coefficient (Wildman–Crippen LogP) is 2.65. The summed E-state index contributed by atoms with van der Waals surface area (Å²) >= 11 is 0. The first kappa shape index (κ1) is 14.8. The Balaban J connectivity index is 1.52. The van der Waals surface area contributed by atoms with Gasteiger partial charge in [0, 0.05) is 43.1 Å². The molecule has 4 atom stereocenters. The highest BCUT2D eigenvalue weighted by Crippen LogP contribution is 2.60. The van der Waals surface area contributed by atoms with E-state index in [4.69, 9.17) is 4.74 Å². The maximum Gasteiger partial charge on any atom is 0.0690 e. The van der Waals surface area contributed by atoms with E-state index in [0.29, 0.717) is 17.6 Å². The largest absolute Gasteiger partial charge is 0.377 e. The quantitative estimate of drug-likeness (QED) is 0.809. The minimum atomic E-state index is 0.510. The number of nitrogens with zero attached hydrogens (tertiary/aromatic N) is 1. The van der Waals surface area contributed by atoms with E-state index in [2.05, 4.69) is 31.1 Å². The number of hydrogen-bond acceptors (Lipinski definition) is 3. The second-order valence-corrected chi connectivity index (χ2v) is 7.35. The molecule has 1 heterocycles. The summed E-state index contributed by atoms with van der Waals surface area (Å²) in [6.07, 6.45) is 8.73. The molecule has 0 amide bonds. The molecular weight excluding hydrogens is 248 g/mol. The Kier molecular flexibility index (Phi) is 4.40. The van der Waals surface area contributed by atoms with Crippen LogP contribution < -0.4 is 5.32 Å². The topological polar surface area (TPSA) is 24.5 Å². The van der Waals surface area contributed by atoms with E-state index in [-0.39, 0.29) is 0 Å². The Bertz CT molecular complexity index is 327. The van der Waals surface area contributed by atoms with Crippen molar-refractivity contribution in [2.45, 2.75) is 70.6 Å². The molecule has 0 aromatic carbocycles. The van der Waals surface area contributed by atoms with Gasteiger partial charge in [0.2, 0.25) is 0 Å². The van der Waals surface area contributed by atoms with Gasteiger partial charge in [0.25, 0.3) is 0 Å². The molecule has 116 valence electrons. The summed E-state index contributed by atoms with van der Waals surface area (Å²) in [5, 5.41) is 3.91. The summed E-state index contributed by atoms with van der Waals surface area (Å²) in [5.41, 5.74) is 0.510. The van der Waals surface area contributed by atoms with E-state index in [9.17, 15) is 0 Å². The smallest absolute Gasteiger partial charge is 0.0690 e. The van der Waals surface area contributed by atoms with Crippen molar-refractivity contribution in [2.24, 2.45) is 11.3 Å². The van der Waals surface area contributed by atoms with Gasteiger partial charge in [-0.05, 0) is 39.7 Å². The highest BCUT2D eigenvalue weighted by Gasteiger charge is 2.64. The van der Waals surface area contributed by atoms with Gasteiger partial charge >= 0.3 is 0 Å². The second-order valence-electron chi connectivity index (χ2n) is 7.35. The molecule has 1 N–H and O–H groups in total. The first-order chi connectivity index (χ1) is 9.69. The van der Waals surface area contributed by atoms with Gasteiger partial charge in [-0.3, -0.25) is 0 Å². The van der Waals surface area contributed by atoms with Crippen molar-refractivity contribution in [2.75, 3.05) is 26.7 Å². The van der Waals surface area contributed by atoms with E-state index >= 15 is 0 Å². The van der Waals surface area contributed by atoms with Crippen molar-refractivity contribution in [1.29, 1.82) is 0 Å². The third-order valence-corrected chi connectivity index (χ3v) is 6.46. The zero-order chi connectivity index (χ0) is 14.2. The fraction of sp³-hybridized carbons (Fsp3) is 1.00. The molecule has 0 unspecified atom stereocenters. The second kappa shape index (κ2) is 5.94. The van der Waals surface area contributed by atoms with Gasteiger partial charge in [-0.25, -0.2) is 0 Å². The highest BCUT2D eigenvalue weighted by atomic mass is 16.5. The first-order valence-electron chi connectivity index (χ1n) is 8.74. The first-order valence-corrected chi connectivity index (χ1v) is 8.74. The minimum absolute atomic E-state index is 0.510. The van der Waals surface area contributed by atoms with Crippen LogP contribution in [0.25, 0.3) is 0 Å². The summed E-state index contributed by atoms with van der Waals surface area (Å²) in [6.45, 7) is 7.90. The molecule has 3 rings (SSSR count). The lowest BCUT2D eigenvalue weighted by molar-refractivity contribution is -0.130. The number of ether oxygens (including phenoxy) is 1. The molecule has 1 aliphatic heterocycles. The molecule has 0 aromatic rings. The van der Waals surface area contributed by atoms with Crippen LogP contribution in [0, 0.1) is 11.3 Å². The number of hydrogen-bond donors (Lipinski definition) is 1. The molecule has 3 aliphatic rings. The van der Waals surface area contributed by atoms with Crippen molar-refractivity contribution < 1.29 is 4.74 Å². The summed E-state index contributed by atoms with van der Waals surface area (Å²) < 4.78 is 6.05. The lowest BCUT2D eigenvalue weighted by Gasteiger charge is -2.57. The molecule has 3 heteroatoms. The van der Waals surface area contributed by atoms with Gasteiger partial charge in [0.1, 0.15) is 0 Å². The lowest BCUT2D eigenvalue weighted by Crippen LogP contribution is -2.67. The van der Waals surface area contributed by atoms with E-state index in [1.54, 1.807) is 0 Å². The Labute approximate surface area is 124 Å². The van der Waals surface area contributed by atoms with Crippen LogP contribution in [0.1, 0.15) is 52.4 Å². The van der Waals surface area contributed by atoms with Crippen LogP contribution in [0.15, 0.2) is 0 Å². The Hall–Kier alpha value is -0.120. The van der Waals surface area contributed by atoms with Gasteiger partial charge in [0.05, 0.1) is 6.10 Å². The average Bonchev–Trinajstić information content (AvgIpc) is 3.10. The zero-order valence-electron chi connectivity index (χ0n) is 13.5. The monoisotopic (exact) mass is 280 g/mol. The van der Waals surface area contributed by atoms with Crippen molar-refractivity contribution in [3.8, 4) is 0 Å². The van der Waals surface area contributed by atoms with E-state index in [0.717, 1.165) is 25.1 Å². The van der Waals surface area contributed by atoms with Crippen LogP contribution in [-0.4, -0.2) is 49.8 Å². The SMILES string of the molecule is CC[C@H](C)N(C)CCN[C@@H]1[C@@H]2CCO[C@@H]2C12CCCC2. The summed E-state index contributed by atoms with van der Waals surface area (Å²) in [6, 6.07) is 1.43. The Morgan fingerprint density at radius 2 is 2.10 bits per heavy atom. The van der Waals surface area contributed by atoms with Crippen LogP contribution in [-0.2, 0) is 4.74 Å². The molecule has 3 fully saturated rings. The molecule has 0 radical (unpaired) electrons. The number of likely N-dealkylation sites (N-methyl/N-ethyl adjacent to an activating group) is 1. The molecule has 20 heavy (non-hydrogen) atoms. The van der Waals surface area contributed by atoms with E-state index < -0.39 is 0 Å². The summed E-state index contributed by atoms with van der Waals surface area (Å²) in [5.74, 6) is 0.807. The standard InChI is InChI=1S/C17H32N2O/c1-4-13(2)19(3)11-10-18-15-14-7-12-20-16(14)17(15)8-5-6-9-17/h13-16,18H,4-12H2,1-3H3/t13-,14-,15+,16-/m0/s1. The number of nitrogens with one attached hydrogen (secondary N) is 1.